The van der Waals surface area contributed by atoms with Crippen molar-refractivity contribution in [2.75, 3.05) is 0 Å². The van der Waals surface area contributed by atoms with Crippen LogP contribution in [-0.4, -0.2) is 26.4 Å². The third-order valence-electron chi connectivity index (χ3n) is 4.44. The van der Waals surface area contributed by atoms with Gasteiger partial charge in [0.15, 0.2) is 5.69 Å². The molecule has 2 aromatic heterocycles. The van der Waals surface area contributed by atoms with Crippen molar-refractivity contribution in [1.82, 2.24) is 20.2 Å². The molecule has 7 nitrogen and oxygen atoms in total. The molecule has 0 saturated heterocycles. The number of amides is 1. The van der Waals surface area contributed by atoms with E-state index in [0.29, 0.717) is 22.2 Å². The Morgan fingerprint density at radius 2 is 1.59 bits per heavy atom. The maximum absolute atomic E-state index is 12.9. The number of fused-ring (bicyclic) bond motifs is 1. The fraction of sp³-hybridized carbons (Fsp3) is 0.0455. The van der Waals surface area contributed by atoms with Gasteiger partial charge in [0, 0.05) is 23.3 Å². The third-order valence-corrected chi connectivity index (χ3v) is 4.44. The number of nitrogens with one attached hydrogen (secondary N) is 1. The Balaban J connectivity index is 1.78. The minimum Gasteiger partial charge on any atom is -0.267 e. The number of pyridine rings is 1. The van der Waals surface area contributed by atoms with E-state index in [0.717, 1.165) is 5.56 Å². The van der Waals surface area contributed by atoms with Gasteiger partial charge >= 0.3 is 0 Å². The third kappa shape index (κ3) is 3.66. The summed E-state index contributed by atoms with van der Waals surface area (Å²) in [5, 5.41) is 9.38. The molecule has 0 aliphatic heterocycles. The molecule has 2 aromatic carbocycles. The van der Waals surface area contributed by atoms with Crippen molar-refractivity contribution in [2.45, 2.75) is 6.92 Å². The number of hydrazone groups is 1. The monoisotopic (exact) mass is 383 g/mol. The first-order valence-corrected chi connectivity index (χ1v) is 8.97. The van der Waals surface area contributed by atoms with E-state index in [9.17, 15) is 9.59 Å². The van der Waals surface area contributed by atoms with E-state index in [1.165, 1.54) is 4.68 Å². The number of nitrogens with zero attached hydrogens (tertiary/aromatic N) is 4. The summed E-state index contributed by atoms with van der Waals surface area (Å²) in [7, 11) is 0. The van der Waals surface area contributed by atoms with Gasteiger partial charge in [0.2, 0.25) is 0 Å². The first-order chi connectivity index (χ1) is 14.1. The van der Waals surface area contributed by atoms with Crippen LogP contribution in [0.4, 0.5) is 0 Å². The molecule has 0 aliphatic rings. The van der Waals surface area contributed by atoms with Gasteiger partial charge in [0.1, 0.15) is 0 Å². The predicted octanol–water partition coefficient (Wildman–Crippen LogP) is 2.93. The van der Waals surface area contributed by atoms with Crippen LogP contribution in [0.2, 0.25) is 0 Å². The Labute approximate surface area is 166 Å². The zero-order chi connectivity index (χ0) is 20.2. The van der Waals surface area contributed by atoms with Crippen LogP contribution in [0.1, 0.15) is 23.0 Å². The Kier molecular flexibility index (Phi) is 4.94. The topological polar surface area (TPSA) is 89.2 Å². The maximum Gasteiger partial charge on any atom is 0.292 e. The molecule has 0 bridgehead atoms. The first-order valence-electron chi connectivity index (χ1n) is 8.97. The summed E-state index contributed by atoms with van der Waals surface area (Å²) in [5.74, 6) is -0.501. The summed E-state index contributed by atoms with van der Waals surface area (Å²) in [4.78, 5) is 29.7. The van der Waals surface area contributed by atoms with Crippen molar-refractivity contribution in [2.24, 2.45) is 5.10 Å². The Morgan fingerprint density at radius 3 is 2.31 bits per heavy atom. The lowest BCUT2D eigenvalue weighted by Crippen LogP contribution is -2.28. The molecule has 1 amide bonds. The second-order valence-electron chi connectivity index (χ2n) is 6.32. The highest BCUT2D eigenvalue weighted by Gasteiger charge is 2.17. The normalized spacial score (nSPS) is 11.4. The summed E-state index contributed by atoms with van der Waals surface area (Å²) in [5.41, 5.74) is 4.41. The molecule has 0 aliphatic carbocycles. The molecule has 4 aromatic rings. The van der Waals surface area contributed by atoms with Gasteiger partial charge in [-0.05, 0) is 37.3 Å². The molecular weight excluding hydrogens is 366 g/mol. The van der Waals surface area contributed by atoms with E-state index in [1.807, 2.05) is 6.07 Å². The van der Waals surface area contributed by atoms with Crippen molar-refractivity contribution < 1.29 is 4.79 Å². The quantitative estimate of drug-likeness (QED) is 0.433. The molecule has 1 N–H and O–H groups in total. The lowest BCUT2D eigenvalue weighted by atomic mass is 10.1. The van der Waals surface area contributed by atoms with Crippen LogP contribution >= 0.6 is 0 Å². The zero-order valence-corrected chi connectivity index (χ0v) is 15.6. The van der Waals surface area contributed by atoms with Crippen LogP contribution in [-0.2, 0) is 0 Å². The fourth-order valence-electron chi connectivity index (χ4n) is 2.95. The van der Waals surface area contributed by atoms with Crippen LogP contribution in [0.25, 0.3) is 16.5 Å². The maximum atomic E-state index is 12.9. The Bertz CT molecular complexity index is 1260. The molecule has 142 valence electrons. The van der Waals surface area contributed by atoms with E-state index in [1.54, 1.807) is 80.0 Å². The number of hydrogen-bond acceptors (Lipinski definition) is 5. The van der Waals surface area contributed by atoms with E-state index >= 15 is 0 Å². The largest absolute Gasteiger partial charge is 0.292 e. The van der Waals surface area contributed by atoms with Gasteiger partial charge in [0.25, 0.3) is 11.5 Å². The highest BCUT2D eigenvalue weighted by Crippen LogP contribution is 2.15. The van der Waals surface area contributed by atoms with Crippen LogP contribution in [0.5, 0.6) is 0 Å². The predicted molar refractivity (Wildman–Crippen MR) is 111 cm³/mol. The Morgan fingerprint density at radius 1 is 0.931 bits per heavy atom. The van der Waals surface area contributed by atoms with Crippen molar-refractivity contribution >= 4 is 22.4 Å². The lowest BCUT2D eigenvalue weighted by molar-refractivity contribution is 0.0950. The molecule has 0 radical (unpaired) electrons. The van der Waals surface area contributed by atoms with Gasteiger partial charge in [-0.2, -0.15) is 14.9 Å². The molecule has 0 atom stereocenters. The standard InChI is InChI=1S/C22H17N5O2/c1-15(16-11-13-23-14-12-16)24-25-21(28)20-18-9-5-6-10-19(18)22(29)27(26-20)17-7-3-2-4-8-17/h2-14H,1H3,(H,25,28)/b24-15-. The number of para-hydroxylation sites is 1. The van der Waals surface area contributed by atoms with Gasteiger partial charge in [-0.3, -0.25) is 14.6 Å². The molecule has 0 fully saturated rings. The summed E-state index contributed by atoms with van der Waals surface area (Å²) in [6, 6.07) is 19.5. The van der Waals surface area contributed by atoms with Gasteiger partial charge in [-0.25, -0.2) is 5.43 Å². The first kappa shape index (κ1) is 18.2. The number of hydrogen-bond donors (Lipinski definition) is 1. The van der Waals surface area contributed by atoms with E-state index in [4.69, 9.17) is 0 Å². The number of aromatic nitrogens is 3. The second-order valence-corrected chi connectivity index (χ2v) is 6.32. The molecule has 0 unspecified atom stereocenters. The number of carbonyl (C=O) groups is 1. The Hall–Kier alpha value is -4.13. The van der Waals surface area contributed by atoms with E-state index < -0.39 is 5.91 Å². The van der Waals surface area contributed by atoms with Crippen molar-refractivity contribution in [3.05, 3.63) is 101 Å². The van der Waals surface area contributed by atoms with Gasteiger partial charge < -0.3 is 0 Å². The SMILES string of the molecule is C/C(=N/NC(=O)c1nn(-c2ccccc2)c(=O)c2ccccc12)c1ccncc1. The van der Waals surface area contributed by atoms with Crippen LogP contribution in [0.3, 0.4) is 0 Å². The second kappa shape index (κ2) is 7.85. The van der Waals surface area contributed by atoms with Gasteiger partial charge in [-0.15, -0.1) is 0 Å². The van der Waals surface area contributed by atoms with E-state index in [2.05, 4.69) is 20.6 Å². The smallest absolute Gasteiger partial charge is 0.267 e. The summed E-state index contributed by atoms with van der Waals surface area (Å²) in [6.07, 6.45) is 3.31. The van der Waals surface area contributed by atoms with Crippen molar-refractivity contribution in [3.8, 4) is 5.69 Å². The molecule has 29 heavy (non-hydrogen) atoms. The minimum atomic E-state index is -0.501. The van der Waals surface area contributed by atoms with E-state index in [-0.39, 0.29) is 11.3 Å². The molecule has 0 saturated carbocycles. The highest BCUT2D eigenvalue weighted by molar-refractivity contribution is 6.06. The number of benzene rings is 2. The average Bonchev–Trinajstić information content (AvgIpc) is 2.79. The van der Waals surface area contributed by atoms with Crippen LogP contribution in [0, 0.1) is 0 Å². The molecule has 7 heteroatoms. The van der Waals surface area contributed by atoms with Gasteiger partial charge in [0.05, 0.1) is 16.8 Å². The summed E-state index contributed by atoms with van der Waals surface area (Å²) in [6.45, 7) is 1.78. The zero-order valence-electron chi connectivity index (χ0n) is 15.6. The minimum absolute atomic E-state index is 0.121. The van der Waals surface area contributed by atoms with Crippen LogP contribution in [0.15, 0.2) is 89.0 Å². The van der Waals surface area contributed by atoms with Crippen LogP contribution < -0.4 is 11.0 Å². The fourth-order valence-corrected chi connectivity index (χ4v) is 2.95. The number of rotatable bonds is 4. The average molecular weight is 383 g/mol. The van der Waals surface area contributed by atoms with Gasteiger partial charge in [-0.1, -0.05) is 36.4 Å². The lowest BCUT2D eigenvalue weighted by Gasteiger charge is -2.10. The number of carbonyl (C=O) groups excluding carboxylic acids is 1. The molecule has 2 heterocycles. The summed E-state index contributed by atoms with van der Waals surface area (Å²) < 4.78 is 1.23. The molecule has 0 spiro atoms. The molecule has 4 rings (SSSR count). The van der Waals surface area contributed by atoms with Crippen molar-refractivity contribution in [1.29, 1.82) is 0 Å². The highest BCUT2D eigenvalue weighted by atomic mass is 16.2. The van der Waals surface area contributed by atoms with Crippen molar-refractivity contribution in [3.63, 3.8) is 0 Å². The summed E-state index contributed by atoms with van der Waals surface area (Å²) >= 11 is 0. The molecular formula is C22H17N5O2.